The van der Waals surface area contributed by atoms with Crippen molar-refractivity contribution >= 4 is 28.5 Å². The maximum Gasteiger partial charge on any atom is 0.146 e. The van der Waals surface area contributed by atoms with Crippen molar-refractivity contribution in [2.75, 3.05) is 11.9 Å². The summed E-state index contributed by atoms with van der Waals surface area (Å²) in [5.74, 6) is 0.591. The van der Waals surface area contributed by atoms with Crippen LogP contribution in [-0.4, -0.2) is 21.1 Å². The van der Waals surface area contributed by atoms with Gasteiger partial charge in [-0.05, 0) is 61.2 Å². The zero-order valence-corrected chi connectivity index (χ0v) is 17.2. The van der Waals surface area contributed by atoms with Crippen molar-refractivity contribution in [1.82, 2.24) is 14.5 Å². The van der Waals surface area contributed by atoms with Gasteiger partial charge in [0, 0.05) is 23.8 Å². The molecule has 0 saturated carbocycles. The van der Waals surface area contributed by atoms with E-state index in [1.54, 1.807) is 18.5 Å². The molecule has 0 bridgehead atoms. The van der Waals surface area contributed by atoms with Crippen LogP contribution in [0.4, 0.5) is 10.2 Å². The number of aryl methyl sites for hydroxylation is 1. The molecule has 0 atom stereocenters. The zero-order valence-electron chi connectivity index (χ0n) is 16.4. The molecular weight excluding hydrogens is 387 g/mol. The number of aromatic nitrogens is 3. The van der Waals surface area contributed by atoms with Crippen molar-refractivity contribution < 1.29 is 4.39 Å². The van der Waals surface area contributed by atoms with Crippen molar-refractivity contribution in [3.05, 3.63) is 88.1 Å². The van der Waals surface area contributed by atoms with E-state index < -0.39 is 0 Å². The molecule has 0 aliphatic carbocycles. The predicted octanol–water partition coefficient (Wildman–Crippen LogP) is 5.54. The second-order valence-electron chi connectivity index (χ2n) is 7.15. The highest BCUT2D eigenvalue weighted by Gasteiger charge is 2.16. The maximum atomic E-state index is 13.4. The van der Waals surface area contributed by atoms with Gasteiger partial charge in [-0.2, -0.15) is 0 Å². The number of anilines is 1. The fourth-order valence-corrected chi connectivity index (χ4v) is 3.84. The molecule has 6 heteroatoms. The highest BCUT2D eigenvalue weighted by Crippen LogP contribution is 2.29. The Labute approximate surface area is 174 Å². The average molecular weight is 409 g/mol. The molecule has 0 amide bonds. The molecule has 0 aliphatic rings. The standard InChI is InChI=1S/C23H22ClFN4/c1-15-16(2)29(13-18-6-3-7-19(24)11-18)23-21(15)22(27-14-28-23)26-10-9-17-5-4-8-20(25)12-17/h3-8,11-12,14H,9-10,13H2,1-2H3,(H,26,27,28). The summed E-state index contributed by atoms with van der Waals surface area (Å²) in [4.78, 5) is 9.01. The highest BCUT2D eigenvalue weighted by molar-refractivity contribution is 6.30. The third-order valence-corrected chi connectivity index (χ3v) is 5.47. The van der Waals surface area contributed by atoms with E-state index in [9.17, 15) is 4.39 Å². The summed E-state index contributed by atoms with van der Waals surface area (Å²) < 4.78 is 15.6. The molecule has 0 saturated heterocycles. The molecule has 4 rings (SSSR count). The third kappa shape index (κ3) is 4.10. The van der Waals surface area contributed by atoms with Gasteiger partial charge >= 0.3 is 0 Å². The van der Waals surface area contributed by atoms with Crippen molar-refractivity contribution in [2.24, 2.45) is 0 Å². The van der Waals surface area contributed by atoms with E-state index in [0.29, 0.717) is 19.5 Å². The van der Waals surface area contributed by atoms with Crippen molar-refractivity contribution in [3.8, 4) is 0 Å². The molecular formula is C23H22ClFN4. The van der Waals surface area contributed by atoms with E-state index in [1.807, 2.05) is 24.3 Å². The lowest BCUT2D eigenvalue weighted by atomic mass is 10.1. The van der Waals surface area contributed by atoms with Crippen LogP contribution in [0.25, 0.3) is 11.0 Å². The minimum absolute atomic E-state index is 0.212. The quantitative estimate of drug-likeness (QED) is 0.455. The lowest BCUT2D eigenvalue weighted by molar-refractivity contribution is 0.625. The minimum Gasteiger partial charge on any atom is -0.369 e. The van der Waals surface area contributed by atoms with Crippen LogP contribution < -0.4 is 5.32 Å². The first kappa shape index (κ1) is 19.4. The van der Waals surface area contributed by atoms with Crippen LogP contribution in [0.3, 0.4) is 0 Å². The van der Waals surface area contributed by atoms with E-state index in [4.69, 9.17) is 11.6 Å². The Bertz CT molecular complexity index is 1170. The van der Waals surface area contributed by atoms with E-state index in [2.05, 4.69) is 39.8 Å². The summed E-state index contributed by atoms with van der Waals surface area (Å²) in [5, 5.41) is 5.15. The zero-order chi connectivity index (χ0) is 20.4. The third-order valence-electron chi connectivity index (χ3n) is 5.23. The van der Waals surface area contributed by atoms with Gasteiger partial charge in [0.25, 0.3) is 0 Å². The molecule has 29 heavy (non-hydrogen) atoms. The van der Waals surface area contributed by atoms with Gasteiger partial charge in [-0.1, -0.05) is 35.9 Å². The summed E-state index contributed by atoms with van der Waals surface area (Å²) in [7, 11) is 0. The first-order valence-electron chi connectivity index (χ1n) is 9.56. The van der Waals surface area contributed by atoms with Gasteiger partial charge in [0.1, 0.15) is 23.6 Å². The van der Waals surface area contributed by atoms with Gasteiger partial charge in [0.05, 0.1) is 5.39 Å². The van der Waals surface area contributed by atoms with Crippen molar-refractivity contribution in [1.29, 1.82) is 0 Å². The lowest BCUT2D eigenvalue weighted by Gasteiger charge is -2.09. The Balaban J connectivity index is 1.61. The van der Waals surface area contributed by atoms with E-state index >= 15 is 0 Å². The van der Waals surface area contributed by atoms with Gasteiger partial charge in [-0.15, -0.1) is 0 Å². The summed E-state index contributed by atoms with van der Waals surface area (Å²) in [6.45, 7) is 5.54. The van der Waals surface area contributed by atoms with Crippen molar-refractivity contribution in [3.63, 3.8) is 0 Å². The smallest absolute Gasteiger partial charge is 0.146 e. The number of hydrogen-bond donors (Lipinski definition) is 1. The molecule has 4 aromatic rings. The molecule has 0 radical (unpaired) electrons. The van der Waals surface area contributed by atoms with Crippen LogP contribution in [-0.2, 0) is 13.0 Å². The number of nitrogens with one attached hydrogen (secondary N) is 1. The number of nitrogens with zero attached hydrogens (tertiary/aromatic N) is 3. The predicted molar refractivity (Wildman–Crippen MR) is 116 cm³/mol. The number of fused-ring (bicyclic) bond motifs is 1. The average Bonchev–Trinajstić information content (AvgIpc) is 2.94. The second-order valence-corrected chi connectivity index (χ2v) is 7.59. The van der Waals surface area contributed by atoms with Gasteiger partial charge in [0.15, 0.2) is 0 Å². The Morgan fingerprint density at radius 3 is 2.62 bits per heavy atom. The molecule has 148 valence electrons. The van der Waals surface area contributed by atoms with E-state index in [0.717, 1.165) is 44.3 Å². The van der Waals surface area contributed by atoms with Crippen LogP contribution in [0.1, 0.15) is 22.4 Å². The topological polar surface area (TPSA) is 42.7 Å². The first-order valence-corrected chi connectivity index (χ1v) is 9.94. The van der Waals surface area contributed by atoms with E-state index in [1.165, 1.54) is 6.07 Å². The minimum atomic E-state index is -0.212. The molecule has 0 unspecified atom stereocenters. The summed E-state index contributed by atoms with van der Waals surface area (Å²) >= 11 is 6.15. The van der Waals surface area contributed by atoms with Crippen LogP contribution in [0.15, 0.2) is 54.9 Å². The Morgan fingerprint density at radius 2 is 1.83 bits per heavy atom. The lowest BCUT2D eigenvalue weighted by Crippen LogP contribution is -2.08. The molecule has 0 aliphatic heterocycles. The largest absolute Gasteiger partial charge is 0.369 e. The van der Waals surface area contributed by atoms with Crippen molar-refractivity contribution in [2.45, 2.75) is 26.8 Å². The molecule has 2 heterocycles. The molecule has 1 N–H and O–H groups in total. The number of hydrogen-bond acceptors (Lipinski definition) is 3. The fourth-order valence-electron chi connectivity index (χ4n) is 3.63. The van der Waals surface area contributed by atoms with Crippen LogP contribution in [0, 0.1) is 19.7 Å². The maximum absolute atomic E-state index is 13.4. The fraction of sp³-hybridized carbons (Fsp3) is 0.217. The summed E-state index contributed by atoms with van der Waals surface area (Å²) in [5.41, 5.74) is 5.26. The SMILES string of the molecule is Cc1c(C)n(Cc2cccc(Cl)c2)c2ncnc(NCCc3cccc(F)c3)c12. The Hall–Kier alpha value is -2.92. The van der Waals surface area contributed by atoms with Crippen LogP contribution in [0.2, 0.25) is 5.02 Å². The highest BCUT2D eigenvalue weighted by atomic mass is 35.5. The summed E-state index contributed by atoms with van der Waals surface area (Å²) in [6, 6.07) is 14.6. The number of rotatable bonds is 6. The van der Waals surface area contributed by atoms with Gasteiger partial charge in [0.2, 0.25) is 0 Å². The van der Waals surface area contributed by atoms with Gasteiger partial charge in [-0.3, -0.25) is 0 Å². The van der Waals surface area contributed by atoms with Crippen LogP contribution in [0.5, 0.6) is 0 Å². The molecule has 2 aromatic carbocycles. The second kappa shape index (κ2) is 8.21. The Kier molecular flexibility index (Phi) is 5.49. The van der Waals surface area contributed by atoms with Gasteiger partial charge in [-0.25, -0.2) is 14.4 Å². The molecule has 0 spiro atoms. The number of benzene rings is 2. The molecule has 2 aromatic heterocycles. The van der Waals surface area contributed by atoms with Gasteiger partial charge < -0.3 is 9.88 Å². The summed E-state index contributed by atoms with van der Waals surface area (Å²) in [6.07, 6.45) is 2.30. The normalized spacial score (nSPS) is 11.2. The monoisotopic (exact) mass is 408 g/mol. The molecule has 4 nitrogen and oxygen atoms in total. The molecule has 0 fully saturated rings. The number of halogens is 2. The first-order chi connectivity index (χ1) is 14.0. The Morgan fingerprint density at radius 1 is 1.03 bits per heavy atom. The van der Waals surface area contributed by atoms with E-state index in [-0.39, 0.29) is 5.82 Å². The van der Waals surface area contributed by atoms with Crippen LogP contribution >= 0.6 is 11.6 Å².